The zero-order chi connectivity index (χ0) is 27.0. The minimum atomic E-state index is -0.324. The second kappa shape index (κ2) is 23.8. The minimum Gasteiger partial charge on any atom is -0.379 e. The van der Waals surface area contributed by atoms with Crippen LogP contribution in [0.15, 0.2) is 0 Å². The molecule has 13 heteroatoms. The summed E-state index contributed by atoms with van der Waals surface area (Å²) < 4.78 is 37.6. The molecular weight excluding hydrogens is 508 g/mol. The zero-order valence-electron chi connectivity index (χ0n) is 22.2. The second-order valence-corrected chi connectivity index (χ2v) is 8.82. The predicted molar refractivity (Wildman–Crippen MR) is 138 cm³/mol. The molecule has 0 bridgehead atoms. The van der Waals surface area contributed by atoms with Crippen LogP contribution in [-0.2, 0) is 47.5 Å². The second-order valence-electron chi connectivity index (χ2n) is 7.78. The van der Waals surface area contributed by atoms with E-state index in [1.165, 1.54) is 16.7 Å². The number of imide groups is 1. The average molecular weight is 553 g/mol. The molecule has 216 valence electrons. The van der Waals surface area contributed by atoms with Gasteiger partial charge >= 0.3 is 0 Å². The third-order valence-electron chi connectivity index (χ3n) is 5.05. The topological polar surface area (TPSA) is 131 Å². The molecule has 1 N–H and O–H groups in total. The molecule has 0 saturated carbocycles. The highest BCUT2D eigenvalue weighted by atomic mass is 32.2. The van der Waals surface area contributed by atoms with Crippen LogP contribution in [0.4, 0.5) is 0 Å². The number of likely N-dealkylation sites (tertiary alicyclic amines) is 1. The lowest BCUT2D eigenvalue weighted by atomic mass is 10.3. The largest absolute Gasteiger partial charge is 0.379 e. The van der Waals surface area contributed by atoms with E-state index >= 15 is 0 Å². The van der Waals surface area contributed by atoms with Crippen molar-refractivity contribution in [2.75, 3.05) is 112 Å². The molecule has 0 aliphatic carbocycles. The van der Waals surface area contributed by atoms with Gasteiger partial charge in [-0.05, 0) is 13.2 Å². The van der Waals surface area contributed by atoms with Gasteiger partial charge in [0.25, 0.3) is 0 Å². The quantitative estimate of drug-likeness (QED) is 0.116. The van der Waals surface area contributed by atoms with Crippen LogP contribution in [0.25, 0.3) is 0 Å². The lowest BCUT2D eigenvalue weighted by Gasteiger charge is -2.14. The van der Waals surface area contributed by atoms with Crippen molar-refractivity contribution in [3.8, 4) is 0 Å². The highest BCUT2D eigenvalue weighted by Gasteiger charge is 2.37. The summed E-state index contributed by atoms with van der Waals surface area (Å²) in [6, 6.07) is 0. The molecule has 1 atom stereocenters. The van der Waals surface area contributed by atoms with Crippen molar-refractivity contribution in [2.45, 2.75) is 25.0 Å². The van der Waals surface area contributed by atoms with E-state index in [0.29, 0.717) is 99.0 Å². The molecule has 1 fully saturated rings. The fourth-order valence-electron chi connectivity index (χ4n) is 3.10. The molecule has 37 heavy (non-hydrogen) atoms. The molecule has 0 aromatic carbocycles. The summed E-state index contributed by atoms with van der Waals surface area (Å²) in [6.07, 6.45) is 2.10. The maximum Gasteiger partial charge on any atom is 0.242 e. The fraction of sp³-hybridized carbons (Fsp3) is 0.875. The number of amides is 3. The van der Waals surface area contributed by atoms with Crippen LogP contribution in [0, 0.1) is 0 Å². The molecule has 1 saturated heterocycles. The Morgan fingerprint density at radius 2 is 1.22 bits per heavy atom. The van der Waals surface area contributed by atoms with Gasteiger partial charge in [0.2, 0.25) is 17.7 Å². The number of nitrogens with zero attached hydrogens (tertiary/aromatic N) is 1. The van der Waals surface area contributed by atoms with Crippen LogP contribution in [0.1, 0.15) is 19.8 Å². The van der Waals surface area contributed by atoms with E-state index in [4.69, 9.17) is 33.2 Å². The van der Waals surface area contributed by atoms with Crippen molar-refractivity contribution >= 4 is 29.5 Å². The van der Waals surface area contributed by atoms with Crippen molar-refractivity contribution in [1.29, 1.82) is 0 Å². The molecule has 0 aromatic heterocycles. The van der Waals surface area contributed by atoms with Crippen molar-refractivity contribution < 1.29 is 47.5 Å². The number of carbonyl (C=O) groups is 3. The normalized spacial score (nSPS) is 15.6. The smallest absolute Gasteiger partial charge is 0.242 e. The van der Waals surface area contributed by atoms with Gasteiger partial charge in [0.05, 0.1) is 91.1 Å². The summed E-state index contributed by atoms with van der Waals surface area (Å²) in [5.41, 5.74) is 0. The summed E-state index contributed by atoms with van der Waals surface area (Å²) in [5.74, 6) is -0.646. The van der Waals surface area contributed by atoms with Gasteiger partial charge in [-0.1, -0.05) is 0 Å². The standard InChI is InChI=1S/C24H44N2O10S/c1-3-30-8-9-32-12-13-34-16-17-36-19-18-35-15-14-33-11-10-31-7-5-25-22(27)4-6-26-23(28)20-21(37-2)24(26)29/h21H,3-20H2,1-2H3,(H,25,27). The summed E-state index contributed by atoms with van der Waals surface area (Å²) in [5, 5.41) is 2.39. The Hall–Kier alpha value is -1.32. The molecular formula is C24H44N2O10S. The SMILES string of the molecule is CCOCCOCCOCCOCCOCCOCCOCCNC(=O)CCN1C(=O)CC(SC)C1=O. The first-order valence-corrected chi connectivity index (χ1v) is 14.1. The lowest BCUT2D eigenvalue weighted by molar-refractivity contribution is -0.138. The van der Waals surface area contributed by atoms with Gasteiger partial charge in [-0.2, -0.15) is 11.8 Å². The average Bonchev–Trinajstić information content (AvgIpc) is 3.17. The van der Waals surface area contributed by atoms with E-state index in [0.717, 1.165) is 0 Å². The summed E-state index contributed by atoms with van der Waals surface area (Å²) in [4.78, 5) is 36.9. The third-order valence-corrected chi connectivity index (χ3v) is 5.99. The van der Waals surface area contributed by atoms with Crippen molar-refractivity contribution in [3.05, 3.63) is 0 Å². The first-order valence-electron chi connectivity index (χ1n) is 12.8. The van der Waals surface area contributed by atoms with Crippen LogP contribution < -0.4 is 5.32 Å². The monoisotopic (exact) mass is 552 g/mol. The Labute approximate surface area is 224 Å². The maximum absolute atomic E-state index is 12.0. The van der Waals surface area contributed by atoms with E-state index in [2.05, 4.69) is 5.32 Å². The summed E-state index contributed by atoms with van der Waals surface area (Å²) in [6.45, 7) is 9.49. The highest BCUT2D eigenvalue weighted by molar-refractivity contribution is 8.00. The number of hydrogen-bond donors (Lipinski definition) is 1. The number of nitrogens with one attached hydrogen (secondary N) is 1. The predicted octanol–water partition coefficient (Wildman–Crippen LogP) is 0.119. The van der Waals surface area contributed by atoms with Crippen molar-refractivity contribution in [1.82, 2.24) is 10.2 Å². The molecule has 0 radical (unpaired) electrons. The fourth-order valence-corrected chi connectivity index (χ4v) is 3.74. The van der Waals surface area contributed by atoms with Gasteiger partial charge in [0, 0.05) is 32.5 Å². The molecule has 3 amide bonds. The van der Waals surface area contributed by atoms with Crippen LogP contribution >= 0.6 is 11.8 Å². The van der Waals surface area contributed by atoms with E-state index in [1.54, 1.807) is 6.26 Å². The number of hydrogen-bond acceptors (Lipinski definition) is 11. The molecule has 1 aliphatic rings. The third kappa shape index (κ3) is 17.7. The molecule has 0 spiro atoms. The molecule has 1 unspecified atom stereocenters. The van der Waals surface area contributed by atoms with Gasteiger partial charge in [0.1, 0.15) is 0 Å². The number of carbonyl (C=O) groups excluding carboxylic acids is 3. The molecule has 12 nitrogen and oxygen atoms in total. The number of ether oxygens (including phenoxy) is 7. The molecule has 1 heterocycles. The van der Waals surface area contributed by atoms with Gasteiger partial charge in [-0.15, -0.1) is 0 Å². The molecule has 1 aliphatic heterocycles. The van der Waals surface area contributed by atoms with Crippen LogP contribution in [0.5, 0.6) is 0 Å². The Morgan fingerprint density at radius 3 is 1.62 bits per heavy atom. The van der Waals surface area contributed by atoms with Gasteiger partial charge in [-0.25, -0.2) is 0 Å². The maximum atomic E-state index is 12.0. The van der Waals surface area contributed by atoms with E-state index in [9.17, 15) is 14.4 Å². The summed E-state index contributed by atoms with van der Waals surface area (Å²) in [7, 11) is 0. The van der Waals surface area contributed by atoms with Gasteiger partial charge in [0.15, 0.2) is 0 Å². The van der Waals surface area contributed by atoms with E-state index < -0.39 is 0 Å². The molecule has 1 rings (SSSR count). The van der Waals surface area contributed by atoms with Crippen molar-refractivity contribution in [2.24, 2.45) is 0 Å². The number of thioether (sulfide) groups is 1. The summed E-state index contributed by atoms with van der Waals surface area (Å²) >= 11 is 1.36. The Morgan fingerprint density at radius 1 is 0.784 bits per heavy atom. The van der Waals surface area contributed by atoms with E-state index in [1.807, 2.05) is 6.92 Å². The Balaban J connectivity index is 1.76. The zero-order valence-corrected chi connectivity index (χ0v) is 23.1. The molecule has 0 aromatic rings. The first-order chi connectivity index (χ1) is 18.1. The van der Waals surface area contributed by atoms with E-state index in [-0.39, 0.29) is 42.4 Å². The lowest BCUT2D eigenvalue weighted by Crippen LogP contribution is -2.36. The van der Waals surface area contributed by atoms with Crippen molar-refractivity contribution in [3.63, 3.8) is 0 Å². The highest BCUT2D eigenvalue weighted by Crippen LogP contribution is 2.22. The number of rotatable bonds is 26. The Kier molecular flexibility index (Phi) is 21.7. The van der Waals surface area contributed by atoms with Gasteiger partial charge in [-0.3, -0.25) is 19.3 Å². The van der Waals surface area contributed by atoms with Crippen LogP contribution in [0.2, 0.25) is 0 Å². The first kappa shape index (κ1) is 33.7. The minimum absolute atomic E-state index is 0.0890. The van der Waals surface area contributed by atoms with Crippen LogP contribution in [0.3, 0.4) is 0 Å². The van der Waals surface area contributed by atoms with Gasteiger partial charge < -0.3 is 38.5 Å². The van der Waals surface area contributed by atoms with Crippen LogP contribution in [-0.4, -0.2) is 140 Å². The Bertz CT molecular complexity index is 614.